The molecule has 4 heterocycles. The van der Waals surface area contributed by atoms with Crippen molar-refractivity contribution in [1.29, 1.82) is 0 Å². The normalized spacial score (nSPS) is 11.2. The van der Waals surface area contributed by atoms with Gasteiger partial charge in [-0.25, -0.2) is 9.97 Å². The standard InChI is InChI=1S/C25H21N5O6/c1-12-8-17(32)22(34)23(36-12)21-20(13-5-6-16(31)18(9-13)35-2)28-24(29-21)15-10-30(11-19(26)33)25-14(15)4-3-7-27-25/h3-10,31,34H,11H2,1-2H3,(H2,26,33)(H,28,29). The lowest BCUT2D eigenvalue weighted by molar-refractivity contribution is -0.118. The fourth-order valence-corrected chi connectivity index (χ4v) is 4.07. The van der Waals surface area contributed by atoms with Gasteiger partial charge in [0.1, 0.15) is 35.2 Å². The van der Waals surface area contributed by atoms with Gasteiger partial charge in [0, 0.05) is 35.0 Å². The largest absolute Gasteiger partial charge is 0.504 e. The summed E-state index contributed by atoms with van der Waals surface area (Å²) >= 11 is 0. The quantitative estimate of drug-likeness (QED) is 0.283. The summed E-state index contributed by atoms with van der Waals surface area (Å²) in [6.45, 7) is 1.50. The number of primary amides is 1. The van der Waals surface area contributed by atoms with Crippen molar-refractivity contribution in [2.24, 2.45) is 5.73 Å². The minimum absolute atomic E-state index is 0.0657. The molecule has 0 atom stereocenters. The number of rotatable bonds is 6. The van der Waals surface area contributed by atoms with E-state index in [9.17, 15) is 19.8 Å². The number of nitrogens with one attached hydrogen (secondary N) is 1. The maximum absolute atomic E-state index is 12.3. The summed E-state index contributed by atoms with van der Waals surface area (Å²) in [6.07, 6.45) is 3.29. The van der Waals surface area contributed by atoms with E-state index in [1.807, 2.05) is 6.07 Å². The number of ether oxygens (including phenoxy) is 1. The Hall–Kier alpha value is -5.06. The lowest BCUT2D eigenvalue weighted by Gasteiger charge is -2.08. The van der Waals surface area contributed by atoms with Crippen molar-refractivity contribution >= 4 is 16.9 Å². The summed E-state index contributed by atoms with van der Waals surface area (Å²) in [5.74, 6) is -0.422. The Bertz CT molecular complexity index is 1700. The second-order valence-electron chi connectivity index (χ2n) is 8.11. The minimum Gasteiger partial charge on any atom is -0.504 e. The molecule has 0 fully saturated rings. The number of nitrogens with zero attached hydrogens (tertiary/aromatic N) is 3. The first-order valence-electron chi connectivity index (χ1n) is 10.8. The molecule has 0 unspecified atom stereocenters. The average molecular weight is 487 g/mol. The Morgan fingerprint density at radius 2 is 2.06 bits per heavy atom. The number of methoxy groups -OCH3 is 1. The molecule has 11 heteroatoms. The Kier molecular flexibility index (Phi) is 5.44. The van der Waals surface area contributed by atoms with E-state index in [1.54, 1.807) is 42.1 Å². The molecule has 0 saturated heterocycles. The molecule has 5 N–H and O–H groups in total. The van der Waals surface area contributed by atoms with E-state index in [1.165, 1.54) is 19.2 Å². The van der Waals surface area contributed by atoms with Crippen LogP contribution in [0.2, 0.25) is 0 Å². The number of nitrogens with two attached hydrogens (primary N) is 1. The first kappa shape index (κ1) is 22.7. The smallest absolute Gasteiger partial charge is 0.237 e. The van der Waals surface area contributed by atoms with Crippen LogP contribution in [0.4, 0.5) is 0 Å². The molecule has 0 aliphatic rings. The number of phenolic OH excluding ortho intramolecular Hbond substituents is 1. The van der Waals surface area contributed by atoms with Crippen LogP contribution in [0.25, 0.3) is 45.1 Å². The van der Waals surface area contributed by atoms with Crippen molar-refractivity contribution in [2.45, 2.75) is 13.5 Å². The lowest BCUT2D eigenvalue weighted by atomic mass is 10.1. The number of hydrogen-bond acceptors (Lipinski definition) is 8. The highest BCUT2D eigenvalue weighted by molar-refractivity contribution is 5.94. The maximum atomic E-state index is 12.3. The zero-order valence-corrected chi connectivity index (χ0v) is 19.3. The van der Waals surface area contributed by atoms with Gasteiger partial charge < -0.3 is 34.7 Å². The van der Waals surface area contributed by atoms with Gasteiger partial charge in [-0.2, -0.15) is 0 Å². The third kappa shape index (κ3) is 3.82. The molecule has 36 heavy (non-hydrogen) atoms. The van der Waals surface area contributed by atoms with Crippen molar-refractivity contribution in [3.8, 4) is 51.3 Å². The van der Waals surface area contributed by atoms with Crippen molar-refractivity contribution in [3.63, 3.8) is 0 Å². The molecule has 0 aliphatic carbocycles. The number of benzene rings is 1. The topological polar surface area (TPSA) is 169 Å². The number of phenols is 1. The lowest BCUT2D eigenvalue weighted by Crippen LogP contribution is -2.18. The number of carbonyl (C=O) groups excluding carboxylic acids is 1. The van der Waals surface area contributed by atoms with Crippen LogP contribution in [0.3, 0.4) is 0 Å². The molecule has 4 aromatic heterocycles. The summed E-state index contributed by atoms with van der Waals surface area (Å²) in [4.78, 5) is 36.2. The molecule has 11 nitrogen and oxygen atoms in total. The minimum atomic E-state index is -0.610. The van der Waals surface area contributed by atoms with E-state index in [-0.39, 0.29) is 29.5 Å². The number of aromatic hydroxyl groups is 2. The van der Waals surface area contributed by atoms with E-state index < -0.39 is 17.1 Å². The van der Waals surface area contributed by atoms with Gasteiger partial charge in [0.25, 0.3) is 0 Å². The van der Waals surface area contributed by atoms with Crippen molar-refractivity contribution < 1.29 is 24.2 Å². The van der Waals surface area contributed by atoms with Gasteiger partial charge >= 0.3 is 0 Å². The monoisotopic (exact) mass is 487 g/mol. The number of amides is 1. The van der Waals surface area contributed by atoms with Gasteiger partial charge in [-0.15, -0.1) is 0 Å². The molecule has 0 aliphatic heterocycles. The van der Waals surface area contributed by atoms with Gasteiger partial charge in [-0.3, -0.25) is 9.59 Å². The van der Waals surface area contributed by atoms with E-state index in [0.717, 1.165) is 0 Å². The molecular weight excluding hydrogens is 466 g/mol. The third-order valence-electron chi connectivity index (χ3n) is 5.65. The highest BCUT2D eigenvalue weighted by atomic mass is 16.5. The van der Waals surface area contributed by atoms with Crippen LogP contribution < -0.4 is 15.9 Å². The molecular formula is C25H21N5O6. The van der Waals surface area contributed by atoms with Crippen LogP contribution in [0, 0.1) is 6.92 Å². The van der Waals surface area contributed by atoms with Crippen molar-refractivity contribution in [3.05, 3.63) is 64.8 Å². The number of pyridine rings is 1. The summed E-state index contributed by atoms with van der Waals surface area (Å²) in [5.41, 5.74) is 7.02. The molecule has 0 saturated carbocycles. The van der Waals surface area contributed by atoms with Gasteiger partial charge in [-0.05, 0) is 37.3 Å². The second kappa shape index (κ2) is 8.62. The highest BCUT2D eigenvalue weighted by Crippen LogP contribution is 2.40. The van der Waals surface area contributed by atoms with Gasteiger partial charge in [0.05, 0.1) is 7.11 Å². The zero-order valence-electron chi connectivity index (χ0n) is 19.3. The van der Waals surface area contributed by atoms with E-state index in [0.29, 0.717) is 39.4 Å². The summed E-state index contributed by atoms with van der Waals surface area (Å²) in [5, 5.41) is 21.3. The Morgan fingerprint density at radius 1 is 1.25 bits per heavy atom. The number of hydrogen-bond donors (Lipinski definition) is 4. The first-order chi connectivity index (χ1) is 17.3. The predicted molar refractivity (Wildman–Crippen MR) is 131 cm³/mol. The number of imidazole rings is 1. The van der Waals surface area contributed by atoms with Crippen LogP contribution in [-0.4, -0.2) is 42.7 Å². The van der Waals surface area contributed by atoms with E-state index in [4.69, 9.17) is 19.9 Å². The number of aryl methyl sites for hydroxylation is 1. The molecule has 182 valence electrons. The van der Waals surface area contributed by atoms with E-state index >= 15 is 0 Å². The zero-order chi connectivity index (χ0) is 25.6. The molecule has 1 aromatic carbocycles. The Labute approximate surface area is 203 Å². The number of aromatic nitrogens is 4. The fraction of sp³-hybridized carbons (Fsp3) is 0.120. The van der Waals surface area contributed by atoms with Crippen LogP contribution >= 0.6 is 0 Å². The van der Waals surface area contributed by atoms with Crippen molar-refractivity contribution in [2.75, 3.05) is 7.11 Å². The Balaban J connectivity index is 1.80. The third-order valence-corrected chi connectivity index (χ3v) is 5.65. The van der Waals surface area contributed by atoms with Crippen LogP contribution in [0.1, 0.15) is 5.76 Å². The molecule has 0 bridgehead atoms. The average Bonchev–Trinajstić information content (AvgIpc) is 3.44. The number of H-pyrrole nitrogens is 1. The van der Waals surface area contributed by atoms with Crippen LogP contribution in [0.15, 0.2) is 58.0 Å². The van der Waals surface area contributed by atoms with Gasteiger partial charge in [-0.1, -0.05) is 0 Å². The van der Waals surface area contributed by atoms with Gasteiger partial charge in [0.2, 0.25) is 17.1 Å². The van der Waals surface area contributed by atoms with E-state index in [2.05, 4.69) is 9.97 Å². The molecule has 0 radical (unpaired) electrons. The van der Waals surface area contributed by atoms with Gasteiger partial charge in [0.15, 0.2) is 17.3 Å². The SMILES string of the molecule is COc1cc(-c2nc(-c3cn(CC(N)=O)c4ncccc34)[nH]c2-c2oc(C)cc(=O)c2O)ccc1O. The molecule has 0 spiro atoms. The molecule has 1 amide bonds. The summed E-state index contributed by atoms with van der Waals surface area (Å²) in [6, 6.07) is 9.39. The highest BCUT2D eigenvalue weighted by Gasteiger charge is 2.24. The van der Waals surface area contributed by atoms with Crippen molar-refractivity contribution in [1.82, 2.24) is 19.5 Å². The number of carbonyl (C=O) groups is 1. The Morgan fingerprint density at radius 3 is 2.81 bits per heavy atom. The summed E-state index contributed by atoms with van der Waals surface area (Å²) in [7, 11) is 1.42. The van der Waals surface area contributed by atoms with Crippen LogP contribution in [-0.2, 0) is 11.3 Å². The predicted octanol–water partition coefficient (Wildman–Crippen LogP) is 2.93. The number of aromatic amines is 1. The van der Waals surface area contributed by atoms with Crippen LogP contribution in [0.5, 0.6) is 17.2 Å². The number of fused-ring (bicyclic) bond motifs is 1. The second-order valence-corrected chi connectivity index (χ2v) is 8.11. The first-order valence-corrected chi connectivity index (χ1v) is 10.8. The maximum Gasteiger partial charge on any atom is 0.237 e. The summed E-state index contributed by atoms with van der Waals surface area (Å²) < 4.78 is 12.6. The molecule has 5 rings (SSSR count). The molecule has 5 aromatic rings. The fourth-order valence-electron chi connectivity index (χ4n) is 4.07.